The number of carbonyl (C=O) groups excluding carboxylic acids is 1. The Balaban J connectivity index is 1.93. The Hall–Kier alpha value is -1.76. The number of halogens is 1. The molecule has 7 heteroatoms. The van der Waals surface area contributed by atoms with Crippen LogP contribution in [0, 0.1) is 0 Å². The molecule has 0 aliphatic rings. The van der Waals surface area contributed by atoms with Crippen molar-refractivity contribution in [2.45, 2.75) is 9.24 Å². The van der Waals surface area contributed by atoms with Crippen molar-refractivity contribution in [2.75, 3.05) is 12.8 Å². The molecule has 0 atom stereocenters. The van der Waals surface area contributed by atoms with E-state index >= 15 is 0 Å². The first-order chi connectivity index (χ1) is 10.6. The maximum Gasteiger partial charge on any atom is 0.337 e. The molecule has 2 N–H and O–H groups in total. The molecule has 4 nitrogen and oxygen atoms in total. The Morgan fingerprint density at radius 2 is 2.14 bits per heavy atom. The van der Waals surface area contributed by atoms with Gasteiger partial charge in [0.05, 0.1) is 27.9 Å². The monoisotopic (exact) mass is 350 g/mol. The fourth-order valence-corrected chi connectivity index (χ4v) is 4.20. The van der Waals surface area contributed by atoms with Crippen molar-refractivity contribution in [2.24, 2.45) is 0 Å². The molecule has 112 valence electrons. The van der Waals surface area contributed by atoms with E-state index in [1.165, 1.54) is 18.9 Å². The van der Waals surface area contributed by atoms with Gasteiger partial charge in [0.2, 0.25) is 0 Å². The predicted molar refractivity (Wildman–Crippen MR) is 90.9 cm³/mol. The summed E-state index contributed by atoms with van der Waals surface area (Å²) in [6.45, 7) is 0. The lowest BCUT2D eigenvalue weighted by atomic mass is 10.2. The van der Waals surface area contributed by atoms with Gasteiger partial charge < -0.3 is 10.5 Å². The minimum atomic E-state index is -0.370. The molecule has 0 unspecified atom stereocenters. The third kappa shape index (κ3) is 3.04. The third-order valence-electron chi connectivity index (χ3n) is 2.94. The first-order valence-electron chi connectivity index (χ1n) is 6.28. The Labute approximate surface area is 140 Å². The number of nitrogens with zero attached hydrogens (tertiary/aromatic N) is 1. The van der Waals surface area contributed by atoms with Crippen molar-refractivity contribution < 1.29 is 9.53 Å². The van der Waals surface area contributed by atoms with Gasteiger partial charge in [-0.3, -0.25) is 0 Å². The standard InChI is InChI=1S/C15H11ClN2O2S2/c1-20-14(19)8-2-4-13-11(6-8)18-15(22-13)21-12-5-3-9(17)7-10(12)16/h2-7H,17H2,1H3. The van der Waals surface area contributed by atoms with Crippen LogP contribution in [0.4, 0.5) is 5.69 Å². The van der Waals surface area contributed by atoms with Crippen LogP contribution >= 0.6 is 34.7 Å². The summed E-state index contributed by atoms with van der Waals surface area (Å²) in [5.41, 5.74) is 7.57. The molecule has 0 saturated carbocycles. The fraction of sp³-hybridized carbons (Fsp3) is 0.0667. The number of nitrogen functional groups attached to an aromatic ring is 1. The second-order valence-electron chi connectivity index (χ2n) is 4.45. The van der Waals surface area contributed by atoms with E-state index in [0.29, 0.717) is 16.3 Å². The molecule has 3 rings (SSSR count). The number of nitrogens with two attached hydrogens (primary N) is 1. The number of thiazole rings is 1. The van der Waals surface area contributed by atoms with E-state index in [2.05, 4.69) is 4.98 Å². The van der Waals surface area contributed by atoms with E-state index in [1.54, 1.807) is 35.6 Å². The molecule has 0 radical (unpaired) electrons. The van der Waals surface area contributed by atoms with Gasteiger partial charge in [0.15, 0.2) is 4.34 Å². The van der Waals surface area contributed by atoms with Gasteiger partial charge in [0, 0.05) is 10.6 Å². The molecule has 22 heavy (non-hydrogen) atoms. The lowest BCUT2D eigenvalue weighted by Crippen LogP contribution is -2.00. The highest BCUT2D eigenvalue weighted by molar-refractivity contribution is 8.01. The summed E-state index contributed by atoms with van der Waals surface area (Å²) in [5.74, 6) is -0.370. The zero-order chi connectivity index (χ0) is 15.7. The van der Waals surface area contributed by atoms with Gasteiger partial charge in [-0.25, -0.2) is 9.78 Å². The highest BCUT2D eigenvalue weighted by atomic mass is 35.5. The zero-order valence-corrected chi connectivity index (χ0v) is 13.9. The van der Waals surface area contributed by atoms with E-state index in [9.17, 15) is 4.79 Å². The maximum atomic E-state index is 11.6. The van der Waals surface area contributed by atoms with Crippen molar-refractivity contribution in [3.8, 4) is 0 Å². The molecule has 0 bridgehead atoms. The molecule has 0 amide bonds. The average Bonchev–Trinajstić information content (AvgIpc) is 2.90. The van der Waals surface area contributed by atoms with Crippen molar-refractivity contribution in [1.29, 1.82) is 0 Å². The van der Waals surface area contributed by atoms with Gasteiger partial charge in [-0.15, -0.1) is 11.3 Å². The summed E-state index contributed by atoms with van der Waals surface area (Å²) in [4.78, 5) is 17.0. The number of ether oxygens (including phenoxy) is 1. The zero-order valence-electron chi connectivity index (χ0n) is 11.5. The summed E-state index contributed by atoms with van der Waals surface area (Å²) in [6, 6.07) is 10.7. The van der Waals surface area contributed by atoms with Crippen LogP contribution in [0.3, 0.4) is 0 Å². The molecule has 1 aromatic heterocycles. The largest absolute Gasteiger partial charge is 0.465 e. The highest BCUT2D eigenvalue weighted by Crippen LogP contribution is 2.38. The van der Waals surface area contributed by atoms with Crippen LogP contribution in [0.2, 0.25) is 5.02 Å². The number of fused-ring (bicyclic) bond motifs is 1. The van der Waals surface area contributed by atoms with Crippen LogP contribution in [0.1, 0.15) is 10.4 Å². The van der Waals surface area contributed by atoms with E-state index in [1.807, 2.05) is 12.1 Å². The van der Waals surface area contributed by atoms with E-state index in [0.717, 1.165) is 19.5 Å². The summed E-state index contributed by atoms with van der Waals surface area (Å²) < 4.78 is 6.57. The number of carbonyl (C=O) groups is 1. The Bertz CT molecular complexity index is 864. The summed E-state index contributed by atoms with van der Waals surface area (Å²) in [7, 11) is 1.36. The Kier molecular flexibility index (Phi) is 4.24. The molecule has 0 aliphatic carbocycles. The first-order valence-corrected chi connectivity index (χ1v) is 8.29. The molecule has 0 aliphatic heterocycles. The minimum absolute atomic E-state index is 0.370. The number of anilines is 1. The molecule has 0 fully saturated rings. The van der Waals surface area contributed by atoms with Crippen LogP contribution in [-0.4, -0.2) is 18.1 Å². The number of benzene rings is 2. The molecular weight excluding hydrogens is 340 g/mol. The summed E-state index contributed by atoms with van der Waals surface area (Å²) in [5, 5.41) is 0.597. The number of hydrogen-bond acceptors (Lipinski definition) is 6. The molecule has 0 spiro atoms. The van der Waals surface area contributed by atoms with Crippen molar-refractivity contribution in [3.05, 3.63) is 47.0 Å². The third-order valence-corrected chi connectivity index (χ3v) is 5.54. The smallest absolute Gasteiger partial charge is 0.337 e. The molecule has 2 aromatic carbocycles. The molecule has 3 aromatic rings. The summed E-state index contributed by atoms with van der Waals surface area (Å²) in [6.07, 6.45) is 0. The minimum Gasteiger partial charge on any atom is -0.465 e. The number of aromatic nitrogens is 1. The fourth-order valence-electron chi connectivity index (χ4n) is 1.89. The first kappa shape index (κ1) is 15.1. The van der Waals surface area contributed by atoms with Crippen LogP contribution in [0.5, 0.6) is 0 Å². The average molecular weight is 351 g/mol. The molecule has 0 saturated heterocycles. The van der Waals surface area contributed by atoms with Crippen LogP contribution < -0.4 is 5.73 Å². The maximum absolute atomic E-state index is 11.6. The van der Waals surface area contributed by atoms with Crippen molar-refractivity contribution >= 4 is 56.6 Å². The van der Waals surface area contributed by atoms with Gasteiger partial charge in [0.1, 0.15) is 0 Å². The van der Waals surface area contributed by atoms with Crippen LogP contribution in [-0.2, 0) is 4.74 Å². The molecular formula is C15H11ClN2O2S2. The Morgan fingerprint density at radius 1 is 1.32 bits per heavy atom. The van der Waals surface area contributed by atoms with Gasteiger partial charge in [-0.2, -0.15) is 0 Å². The second-order valence-corrected chi connectivity index (χ2v) is 7.17. The SMILES string of the molecule is COC(=O)c1ccc2sc(Sc3ccc(N)cc3Cl)nc2c1. The number of hydrogen-bond donors (Lipinski definition) is 1. The van der Waals surface area contributed by atoms with Crippen molar-refractivity contribution in [3.63, 3.8) is 0 Å². The normalized spacial score (nSPS) is 10.8. The molecule has 1 heterocycles. The van der Waals surface area contributed by atoms with E-state index in [4.69, 9.17) is 22.1 Å². The van der Waals surface area contributed by atoms with Crippen molar-refractivity contribution in [1.82, 2.24) is 4.98 Å². The topological polar surface area (TPSA) is 65.2 Å². The van der Waals surface area contributed by atoms with E-state index in [-0.39, 0.29) is 5.97 Å². The van der Waals surface area contributed by atoms with Gasteiger partial charge in [0.25, 0.3) is 0 Å². The lowest BCUT2D eigenvalue weighted by molar-refractivity contribution is 0.0601. The summed E-state index contributed by atoms with van der Waals surface area (Å²) >= 11 is 9.19. The quantitative estimate of drug-likeness (QED) is 0.557. The lowest BCUT2D eigenvalue weighted by Gasteiger charge is -2.01. The number of rotatable bonds is 3. The predicted octanol–water partition coefficient (Wildman–Crippen LogP) is 4.47. The van der Waals surface area contributed by atoms with Gasteiger partial charge >= 0.3 is 5.97 Å². The second kappa shape index (κ2) is 6.16. The number of methoxy groups -OCH3 is 1. The highest BCUT2D eigenvalue weighted by Gasteiger charge is 2.11. The van der Waals surface area contributed by atoms with Crippen LogP contribution in [0.25, 0.3) is 10.2 Å². The van der Waals surface area contributed by atoms with Gasteiger partial charge in [-0.1, -0.05) is 23.4 Å². The number of esters is 1. The Morgan fingerprint density at radius 3 is 2.86 bits per heavy atom. The van der Waals surface area contributed by atoms with Crippen LogP contribution in [0.15, 0.2) is 45.6 Å². The van der Waals surface area contributed by atoms with E-state index < -0.39 is 0 Å². The van der Waals surface area contributed by atoms with Gasteiger partial charge in [-0.05, 0) is 36.4 Å².